The molecule has 94 valence electrons. The van der Waals surface area contributed by atoms with Gasteiger partial charge in [0.05, 0.1) is 6.61 Å². The molecule has 0 saturated carbocycles. The van der Waals surface area contributed by atoms with Crippen LogP contribution < -0.4 is 0 Å². The van der Waals surface area contributed by atoms with Gasteiger partial charge in [0, 0.05) is 18.8 Å². The van der Waals surface area contributed by atoms with Crippen molar-refractivity contribution < 1.29 is 14.3 Å². The molecule has 0 spiro atoms. The highest BCUT2D eigenvalue weighted by molar-refractivity contribution is 5.80. The molecule has 0 atom stereocenters. The predicted octanol–water partition coefficient (Wildman–Crippen LogP) is 3.12. The molecule has 0 rings (SSSR count). The van der Waals surface area contributed by atoms with Gasteiger partial charge in [-0.25, -0.2) is 0 Å². The molecular formula is C13H24O3. The van der Waals surface area contributed by atoms with E-state index < -0.39 is 0 Å². The van der Waals surface area contributed by atoms with Gasteiger partial charge in [0.2, 0.25) is 0 Å². The van der Waals surface area contributed by atoms with Gasteiger partial charge in [-0.3, -0.25) is 9.59 Å². The van der Waals surface area contributed by atoms with E-state index in [2.05, 4.69) is 0 Å². The number of carbonyl (C=O) groups is 2. The molecule has 0 aliphatic rings. The van der Waals surface area contributed by atoms with Crippen LogP contribution in [0.2, 0.25) is 0 Å². The average Bonchev–Trinajstić information content (AvgIpc) is 2.23. The van der Waals surface area contributed by atoms with E-state index in [9.17, 15) is 9.59 Å². The van der Waals surface area contributed by atoms with Crippen molar-refractivity contribution in [3.05, 3.63) is 0 Å². The lowest BCUT2D eigenvalue weighted by atomic mass is 10.0. The first-order chi connectivity index (χ1) is 7.57. The van der Waals surface area contributed by atoms with Crippen molar-refractivity contribution in [2.24, 2.45) is 5.92 Å². The lowest BCUT2D eigenvalue weighted by molar-refractivity contribution is -0.143. The summed E-state index contributed by atoms with van der Waals surface area (Å²) < 4.78 is 4.83. The van der Waals surface area contributed by atoms with E-state index in [0.29, 0.717) is 25.2 Å². The van der Waals surface area contributed by atoms with Gasteiger partial charge < -0.3 is 4.74 Å². The van der Waals surface area contributed by atoms with E-state index in [-0.39, 0.29) is 11.9 Å². The molecule has 3 nitrogen and oxygen atoms in total. The summed E-state index contributed by atoms with van der Waals surface area (Å²) in [7, 11) is 0. The summed E-state index contributed by atoms with van der Waals surface area (Å²) >= 11 is 0. The van der Waals surface area contributed by atoms with Crippen LogP contribution in [0.1, 0.15) is 59.3 Å². The highest BCUT2D eigenvalue weighted by Gasteiger charge is 2.06. The molecule has 0 fully saturated rings. The highest BCUT2D eigenvalue weighted by Crippen LogP contribution is 2.09. The smallest absolute Gasteiger partial charge is 0.305 e. The minimum absolute atomic E-state index is 0.110. The summed E-state index contributed by atoms with van der Waals surface area (Å²) in [6.45, 7) is 6.14. The Morgan fingerprint density at radius 1 is 1.00 bits per heavy atom. The Hall–Kier alpha value is -0.860. The number of ether oxygens (including phenoxy) is 1. The second-order valence-electron chi connectivity index (χ2n) is 4.34. The molecular weight excluding hydrogens is 204 g/mol. The highest BCUT2D eigenvalue weighted by atomic mass is 16.5. The molecule has 0 aliphatic carbocycles. The zero-order valence-electron chi connectivity index (χ0n) is 10.8. The first-order valence-corrected chi connectivity index (χ1v) is 6.26. The molecule has 0 unspecified atom stereocenters. The second-order valence-corrected chi connectivity index (χ2v) is 4.34. The van der Waals surface area contributed by atoms with Gasteiger partial charge in [-0.05, 0) is 19.8 Å². The molecule has 0 aromatic heterocycles. The standard InChI is InChI=1S/C13H24O3/c1-4-16-13(15)10-8-6-5-7-9-12(14)11(2)3/h11H,4-10H2,1-3H3. The van der Waals surface area contributed by atoms with Crippen LogP contribution in [0.15, 0.2) is 0 Å². The summed E-state index contributed by atoms with van der Waals surface area (Å²) in [5, 5.41) is 0. The van der Waals surface area contributed by atoms with Crippen LogP contribution in [-0.4, -0.2) is 18.4 Å². The molecule has 0 saturated heterocycles. The molecule has 0 N–H and O–H groups in total. The molecule has 0 radical (unpaired) electrons. The fourth-order valence-electron chi connectivity index (χ4n) is 1.44. The predicted molar refractivity (Wildman–Crippen MR) is 64.2 cm³/mol. The molecule has 0 amide bonds. The number of hydrogen-bond acceptors (Lipinski definition) is 3. The molecule has 0 bridgehead atoms. The second kappa shape index (κ2) is 9.37. The number of unbranched alkanes of at least 4 members (excludes halogenated alkanes) is 3. The lowest BCUT2D eigenvalue weighted by Crippen LogP contribution is -2.06. The number of carbonyl (C=O) groups excluding carboxylic acids is 2. The Kier molecular flexibility index (Phi) is 8.87. The first kappa shape index (κ1) is 15.1. The van der Waals surface area contributed by atoms with Crippen LogP contribution >= 0.6 is 0 Å². The molecule has 0 aromatic carbocycles. The topological polar surface area (TPSA) is 43.4 Å². The fraction of sp³-hybridized carbons (Fsp3) is 0.846. The summed E-state index contributed by atoms with van der Waals surface area (Å²) in [5.41, 5.74) is 0. The van der Waals surface area contributed by atoms with Crippen molar-refractivity contribution in [1.29, 1.82) is 0 Å². The van der Waals surface area contributed by atoms with Gasteiger partial charge >= 0.3 is 5.97 Å². The van der Waals surface area contributed by atoms with Gasteiger partial charge in [0.25, 0.3) is 0 Å². The van der Waals surface area contributed by atoms with E-state index in [4.69, 9.17) is 4.74 Å². The van der Waals surface area contributed by atoms with Gasteiger partial charge in [0.15, 0.2) is 0 Å². The zero-order valence-corrected chi connectivity index (χ0v) is 10.8. The van der Waals surface area contributed by atoms with Crippen LogP contribution in [0.5, 0.6) is 0 Å². The van der Waals surface area contributed by atoms with E-state index in [1.807, 2.05) is 20.8 Å². The van der Waals surface area contributed by atoms with Gasteiger partial charge in [0.1, 0.15) is 5.78 Å². The summed E-state index contributed by atoms with van der Waals surface area (Å²) in [6, 6.07) is 0. The molecule has 0 aliphatic heterocycles. The third kappa shape index (κ3) is 8.45. The van der Waals surface area contributed by atoms with Crippen LogP contribution in [0.25, 0.3) is 0 Å². The normalized spacial score (nSPS) is 10.5. The maximum absolute atomic E-state index is 11.3. The van der Waals surface area contributed by atoms with E-state index in [0.717, 1.165) is 25.7 Å². The third-order valence-corrected chi connectivity index (χ3v) is 2.50. The Morgan fingerprint density at radius 2 is 1.56 bits per heavy atom. The summed E-state index contributed by atoms with van der Waals surface area (Å²) in [5.74, 6) is 0.380. The molecule has 16 heavy (non-hydrogen) atoms. The van der Waals surface area contributed by atoms with Crippen molar-refractivity contribution in [2.75, 3.05) is 6.61 Å². The van der Waals surface area contributed by atoms with Gasteiger partial charge in [-0.2, -0.15) is 0 Å². The molecule has 3 heteroatoms. The first-order valence-electron chi connectivity index (χ1n) is 6.26. The number of Topliss-reactive ketones (excluding diaryl/α,β-unsaturated/α-hetero) is 1. The van der Waals surface area contributed by atoms with Crippen molar-refractivity contribution in [3.63, 3.8) is 0 Å². The Labute approximate surface area is 98.6 Å². The largest absolute Gasteiger partial charge is 0.466 e. The minimum Gasteiger partial charge on any atom is -0.466 e. The fourth-order valence-corrected chi connectivity index (χ4v) is 1.44. The van der Waals surface area contributed by atoms with E-state index >= 15 is 0 Å². The van der Waals surface area contributed by atoms with Crippen molar-refractivity contribution in [3.8, 4) is 0 Å². The number of rotatable bonds is 9. The van der Waals surface area contributed by atoms with Crippen LogP contribution in [0, 0.1) is 5.92 Å². The number of esters is 1. The maximum Gasteiger partial charge on any atom is 0.305 e. The third-order valence-electron chi connectivity index (χ3n) is 2.50. The quantitative estimate of drug-likeness (QED) is 0.450. The van der Waals surface area contributed by atoms with Crippen LogP contribution in [0.4, 0.5) is 0 Å². The zero-order chi connectivity index (χ0) is 12.4. The van der Waals surface area contributed by atoms with Crippen molar-refractivity contribution >= 4 is 11.8 Å². The lowest BCUT2D eigenvalue weighted by Gasteiger charge is -2.04. The van der Waals surface area contributed by atoms with Crippen LogP contribution in [0.3, 0.4) is 0 Å². The van der Waals surface area contributed by atoms with Gasteiger partial charge in [-0.1, -0.05) is 26.7 Å². The van der Waals surface area contributed by atoms with Gasteiger partial charge in [-0.15, -0.1) is 0 Å². The molecule has 0 heterocycles. The Bertz CT molecular complexity index is 209. The summed E-state index contributed by atoms with van der Waals surface area (Å²) in [6.07, 6.45) is 5.03. The van der Waals surface area contributed by atoms with Crippen LogP contribution in [-0.2, 0) is 14.3 Å². The average molecular weight is 228 g/mol. The maximum atomic E-state index is 11.3. The molecule has 0 aromatic rings. The SMILES string of the molecule is CCOC(=O)CCCCCCC(=O)C(C)C. The summed E-state index contributed by atoms with van der Waals surface area (Å²) in [4.78, 5) is 22.3. The number of hydrogen-bond donors (Lipinski definition) is 0. The monoisotopic (exact) mass is 228 g/mol. The Balaban J connectivity index is 3.28. The van der Waals surface area contributed by atoms with E-state index in [1.54, 1.807) is 0 Å². The van der Waals surface area contributed by atoms with Crippen molar-refractivity contribution in [2.45, 2.75) is 59.3 Å². The van der Waals surface area contributed by atoms with Crippen molar-refractivity contribution in [1.82, 2.24) is 0 Å². The van der Waals surface area contributed by atoms with E-state index in [1.165, 1.54) is 0 Å². The minimum atomic E-state index is -0.110. The Morgan fingerprint density at radius 3 is 2.06 bits per heavy atom. The number of ketones is 1.